The number of nitrogens with zero attached hydrogens (tertiary/aromatic N) is 1. The van der Waals surface area contributed by atoms with Crippen molar-refractivity contribution in [2.75, 3.05) is 6.61 Å². The fourth-order valence-corrected chi connectivity index (χ4v) is 3.34. The Morgan fingerprint density at radius 2 is 1.95 bits per heavy atom. The van der Waals surface area contributed by atoms with E-state index in [2.05, 4.69) is 0 Å². The molecule has 1 aromatic rings. The Morgan fingerprint density at radius 3 is 2.50 bits per heavy atom. The van der Waals surface area contributed by atoms with Crippen LogP contribution in [0.15, 0.2) is 24.3 Å². The van der Waals surface area contributed by atoms with Crippen molar-refractivity contribution in [3.8, 4) is 0 Å². The molecule has 1 aliphatic heterocycles. The van der Waals surface area contributed by atoms with Gasteiger partial charge in [0, 0.05) is 5.02 Å². The van der Waals surface area contributed by atoms with Gasteiger partial charge in [-0.2, -0.15) is 12.7 Å². The van der Waals surface area contributed by atoms with E-state index in [0.29, 0.717) is 15.7 Å². The molecule has 0 spiro atoms. The quantitative estimate of drug-likeness (QED) is 0.822. The second kappa shape index (κ2) is 6.06. The van der Waals surface area contributed by atoms with Gasteiger partial charge in [-0.05, 0) is 44.9 Å². The van der Waals surface area contributed by atoms with E-state index < -0.39 is 28.0 Å². The van der Waals surface area contributed by atoms with Crippen LogP contribution in [0.1, 0.15) is 26.3 Å². The molecule has 0 N–H and O–H groups in total. The van der Waals surface area contributed by atoms with Crippen LogP contribution in [0.3, 0.4) is 0 Å². The number of rotatable bonds is 2. The lowest BCUT2D eigenvalue weighted by atomic mass is 10.1. The Balaban J connectivity index is 2.19. The average Bonchev–Trinajstić information content (AvgIpc) is 2.65. The minimum absolute atomic E-state index is 0.0931. The number of carbonyl (C=O) groups is 1. The van der Waals surface area contributed by atoms with E-state index in [-0.39, 0.29) is 6.61 Å². The van der Waals surface area contributed by atoms with Crippen molar-refractivity contribution in [3.63, 3.8) is 0 Å². The summed E-state index contributed by atoms with van der Waals surface area (Å²) >= 11 is 5.82. The van der Waals surface area contributed by atoms with Gasteiger partial charge < -0.3 is 4.74 Å². The van der Waals surface area contributed by atoms with Crippen LogP contribution < -0.4 is 0 Å². The number of halogens is 1. The lowest BCUT2D eigenvalue weighted by Crippen LogP contribution is -2.43. The Bertz CT molecular complexity index is 651. The van der Waals surface area contributed by atoms with Gasteiger partial charge in [0.05, 0.1) is 12.6 Å². The molecule has 1 fully saturated rings. The summed E-state index contributed by atoms with van der Waals surface area (Å²) in [6.45, 7) is 4.91. The molecule has 22 heavy (non-hydrogen) atoms. The van der Waals surface area contributed by atoms with Crippen molar-refractivity contribution in [2.24, 2.45) is 0 Å². The zero-order valence-electron chi connectivity index (χ0n) is 12.6. The first-order chi connectivity index (χ1) is 10.1. The van der Waals surface area contributed by atoms with Crippen LogP contribution in [0, 0.1) is 0 Å². The van der Waals surface area contributed by atoms with Crippen molar-refractivity contribution in [1.82, 2.24) is 4.31 Å². The summed E-state index contributed by atoms with van der Waals surface area (Å²) < 4.78 is 34.4. The molecule has 1 aliphatic rings. The average molecular weight is 348 g/mol. The SMILES string of the molecule is CC(C)(C)OC(=O)N1[C@@H](Cc2ccc(Cl)cc2)COS1(=O)=O. The molecule has 0 bridgehead atoms. The van der Waals surface area contributed by atoms with Crippen molar-refractivity contribution in [1.29, 1.82) is 0 Å². The first kappa shape index (κ1) is 17.1. The Labute approximate surface area is 135 Å². The van der Waals surface area contributed by atoms with Crippen molar-refractivity contribution < 1.29 is 22.1 Å². The third-order valence-corrected chi connectivity index (χ3v) is 4.55. The molecule has 1 amide bonds. The summed E-state index contributed by atoms with van der Waals surface area (Å²) in [6.07, 6.45) is -0.598. The van der Waals surface area contributed by atoms with Crippen molar-refractivity contribution >= 4 is 28.0 Å². The Kier molecular flexibility index (Phi) is 4.70. The third-order valence-electron chi connectivity index (χ3n) is 2.94. The summed E-state index contributed by atoms with van der Waals surface area (Å²) in [5.41, 5.74) is 0.0590. The second-order valence-corrected chi connectivity index (χ2v) is 7.92. The molecule has 0 aromatic heterocycles. The monoisotopic (exact) mass is 347 g/mol. The summed E-state index contributed by atoms with van der Waals surface area (Å²) in [5.74, 6) is 0. The van der Waals surface area contributed by atoms with E-state index in [0.717, 1.165) is 5.56 Å². The molecule has 8 heteroatoms. The lowest BCUT2D eigenvalue weighted by molar-refractivity contribution is 0.0357. The molecule has 1 aromatic carbocycles. The molecular formula is C14H18ClNO5S. The highest BCUT2D eigenvalue weighted by molar-refractivity contribution is 7.85. The fourth-order valence-electron chi connectivity index (χ4n) is 2.05. The maximum absolute atomic E-state index is 12.2. The minimum atomic E-state index is -4.10. The highest BCUT2D eigenvalue weighted by Gasteiger charge is 2.44. The van der Waals surface area contributed by atoms with Gasteiger partial charge in [-0.25, -0.2) is 4.79 Å². The Morgan fingerprint density at radius 1 is 1.36 bits per heavy atom. The fraction of sp³-hybridized carbons (Fsp3) is 0.500. The van der Waals surface area contributed by atoms with Gasteiger partial charge in [0.25, 0.3) is 0 Å². The number of ether oxygens (including phenoxy) is 1. The van der Waals surface area contributed by atoms with Crippen LogP contribution in [0.5, 0.6) is 0 Å². The molecule has 1 saturated heterocycles. The van der Waals surface area contributed by atoms with E-state index in [4.69, 9.17) is 20.5 Å². The molecule has 6 nitrogen and oxygen atoms in total. The van der Waals surface area contributed by atoms with E-state index in [9.17, 15) is 13.2 Å². The maximum Gasteiger partial charge on any atom is 0.426 e. The lowest BCUT2D eigenvalue weighted by Gasteiger charge is -2.25. The van der Waals surface area contributed by atoms with E-state index in [1.807, 2.05) is 0 Å². The molecule has 0 aliphatic carbocycles. The van der Waals surface area contributed by atoms with Gasteiger partial charge in [-0.1, -0.05) is 23.7 Å². The first-order valence-corrected chi connectivity index (χ1v) is 8.49. The Hall–Kier alpha value is -1.31. The zero-order chi connectivity index (χ0) is 16.5. The van der Waals surface area contributed by atoms with Crippen LogP contribution in [-0.2, 0) is 25.6 Å². The summed E-state index contributed by atoms with van der Waals surface area (Å²) in [7, 11) is -4.10. The summed E-state index contributed by atoms with van der Waals surface area (Å²) in [4.78, 5) is 12.2. The van der Waals surface area contributed by atoms with Gasteiger partial charge in [0.1, 0.15) is 5.60 Å². The number of benzene rings is 1. The number of carbonyl (C=O) groups excluding carboxylic acids is 1. The molecule has 1 atom stereocenters. The van der Waals surface area contributed by atoms with Crippen LogP contribution in [-0.4, -0.2) is 37.1 Å². The maximum atomic E-state index is 12.2. The molecule has 2 rings (SSSR count). The van der Waals surface area contributed by atoms with Gasteiger partial charge in [0.2, 0.25) is 0 Å². The topological polar surface area (TPSA) is 72.9 Å². The van der Waals surface area contributed by atoms with Gasteiger partial charge in [-0.15, -0.1) is 0 Å². The van der Waals surface area contributed by atoms with Gasteiger partial charge in [-0.3, -0.25) is 4.18 Å². The smallest absolute Gasteiger partial charge is 0.426 e. The van der Waals surface area contributed by atoms with Crippen LogP contribution in [0.2, 0.25) is 5.02 Å². The predicted molar refractivity (Wildman–Crippen MR) is 81.9 cm³/mol. The van der Waals surface area contributed by atoms with Crippen LogP contribution >= 0.6 is 11.6 Å². The van der Waals surface area contributed by atoms with Crippen molar-refractivity contribution in [3.05, 3.63) is 34.9 Å². The van der Waals surface area contributed by atoms with Crippen molar-refractivity contribution in [2.45, 2.75) is 38.8 Å². The minimum Gasteiger partial charge on any atom is -0.443 e. The zero-order valence-corrected chi connectivity index (χ0v) is 14.1. The normalized spacial score (nSPS) is 20.9. The summed E-state index contributed by atoms with van der Waals surface area (Å²) in [5, 5.41) is 0.586. The largest absolute Gasteiger partial charge is 0.443 e. The van der Waals surface area contributed by atoms with Gasteiger partial charge >= 0.3 is 16.4 Å². The third kappa shape index (κ3) is 4.12. The molecular weight excluding hydrogens is 330 g/mol. The highest BCUT2D eigenvalue weighted by atomic mass is 35.5. The number of hydrogen-bond donors (Lipinski definition) is 0. The molecule has 0 unspecified atom stereocenters. The van der Waals surface area contributed by atoms with Crippen LogP contribution in [0.4, 0.5) is 4.79 Å². The number of amides is 1. The van der Waals surface area contributed by atoms with Gasteiger partial charge in [0.15, 0.2) is 0 Å². The molecule has 122 valence electrons. The highest BCUT2D eigenvalue weighted by Crippen LogP contribution is 2.25. The first-order valence-electron chi connectivity index (χ1n) is 6.75. The van der Waals surface area contributed by atoms with E-state index in [1.165, 1.54) is 0 Å². The molecule has 1 heterocycles. The summed E-state index contributed by atoms with van der Waals surface area (Å²) in [6, 6.07) is 6.33. The van der Waals surface area contributed by atoms with E-state index >= 15 is 0 Å². The molecule has 0 saturated carbocycles. The standard InChI is InChI=1S/C14H18ClNO5S/c1-14(2,3)21-13(17)16-12(9-20-22(16,18)19)8-10-4-6-11(15)7-5-10/h4-7,12H,8-9H2,1-3H3/t12-/m0/s1. The predicted octanol–water partition coefficient (Wildman–Crippen LogP) is 2.76. The number of hydrogen-bond acceptors (Lipinski definition) is 5. The second-order valence-electron chi connectivity index (χ2n) is 6.00. The molecule has 0 radical (unpaired) electrons. The van der Waals surface area contributed by atoms with E-state index in [1.54, 1.807) is 45.0 Å². The van der Waals surface area contributed by atoms with Crippen LogP contribution in [0.25, 0.3) is 0 Å².